The van der Waals surface area contributed by atoms with Crippen molar-refractivity contribution in [3.8, 4) is 0 Å². The average Bonchev–Trinajstić information content (AvgIpc) is 2.12. The van der Waals surface area contributed by atoms with Gasteiger partial charge in [-0.3, -0.25) is 0 Å². The number of carbonyl (C=O) groups is 1. The first-order chi connectivity index (χ1) is 8.17. The summed E-state index contributed by atoms with van der Waals surface area (Å²) < 4.78 is 6.31. The maximum Gasteiger partial charge on any atom is 0.328 e. The van der Waals surface area contributed by atoms with Crippen LogP contribution in [-0.4, -0.2) is 17.6 Å². The third kappa shape index (κ3) is 5.08. The monoisotopic (exact) mass is 313 g/mol. The first kappa shape index (κ1) is 15.0. The van der Waals surface area contributed by atoms with Crippen molar-refractivity contribution in [2.45, 2.75) is 46.3 Å². The van der Waals surface area contributed by atoms with Crippen molar-refractivity contribution in [3.63, 3.8) is 0 Å². The summed E-state index contributed by atoms with van der Waals surface area (Å²) in [6.45, 7) is 9.39. The van der Waals surface area contributed by atoms with Crippen LogP contribution >= 0.6 is 15.9 Å². The Hall–Kier alpha value is -1.03. The molecule has 1 rings (SSSR count). The summed E-state index contributed by atoms with van der Waals surface area (Å²) in [5, 5.41) is 3.14. The van der Waals surface area contributed by atoms with Crippen molar-refractivity contribution in [2.75, 3.05) is 5.32 Å². The van der Waals surface area contributed by atoms with Crippen LogP contribution in [0.25, 0.3) is 0 Å². The summed E-state index contributed by atoms with van der Waals surface area (Å²) in [6, 6.07) is 5.57. The van der Waals surface area contributed by atoms with Gasteiger partial charge in [0.15, 0.2) is 0 Å². The van der Waals surface area contributed by atoms with Gasteiger partial charge >= 0.3 is 5.97 Å². The van der Waals surface area contributed by atoms with E-state index >= 15 is 0 Å². The molecule has 0 fully saturated rings. The molecule has 4 heteroatoms. The Labute approximate surface area is 117 Å². The highest BCUT2D eigenvalue weighted by Crippen LogP contribution is 2.20. The predicted octanol–water partition coefficient (Wildman–Crippen LogP) is 3.90. The molecule has 0 aromatic heterocycles. The molecule has 1 N–H and O–H groups in total. The summed E-state index contributed by atoms with van der Waals surface area (Å²) in [5.74, 6) is -0.250. The van der Waals surface area contributed by atoms with Gasteiger partial charge in [0.05, 0.1) is 0 Å². The second kappa shape index (κ2) is 5.74. The van der Waals surface area contributed by atoms with E-state index in [2.05, 4.69) is 21.2 Å². The van der Waals surface area contributed by atoms with Gasteiger partial charge in [-0.25, -0.2) is 4.79 Å². The quantitative estimate of drug-likeness (QED) is 0.860. The zero-order valence-corrected chi connectivity index (χ0v) is 13.1. The van der Waals surface area contributed by atoms with E-state index in [1.54, 1.807) is 6.92 Å². The number of ether oxygens (including phenoxy) is 1. The molecule has 0 aliphatic heterocycles. The van der Waals surface area contributed by atoms with E-state index in [0.717, 1.165) is 15.7 Å². The Bertz CT molecular complexity index is 418. The Morgan fingerprint density at radius 2 is 1.94 bits per heavy atom. The third-order valence-electron chi connectivity index (χ3n) is 2.19. The molecule has 1 aromatic carbocycles. The van der Waals surface area contributed by atoms with E-state index in [1.807, 2.05) is 45.9 Å². The SMILES string of the molecule is Cc1cc(Br)cc(NC(C)C(=O)OC(C)(C)C)c1. The first-order valence-corrected chi connectivity index (χ1v) is 6.73. The highest BCUT2D eigenvalue weighted by atomic mass is 79.9. The van der Waals surface area contributed by atoms with Crippen LogP contribution in [0.3, 0.4) is 0 Å². The van der Waals surface area contributed by atoms with Crippen molar-refractivity contribution < 1.29 is 9.53 Å². The summed E-state index contributed by atoms with van der Waals surface area (Å²) in [6.07, 6.45) is 0. The van der Waals surface area contributed by atoms with Crippen molar-refractivity contribution in [3.05, 3.63) is 28.2 Å². The number of hydrogen-bond acceptors (Lipinski definition) is 3. The Morgan fingerprint density at radius 1 is 1.33 bits per heavy atom. The molecule has 1 unspecified atom stereocenters. The van der Waals surface area contributed by atoms with Crippen LogP contribution in [0.2, 0.25) is 0 Å². The van der Waals surface area contributed by atoms with Crippen LogP contribution < -0.4 is 5.32 Å². The van der Waals surface area contributed by atoms with Gasteiger partial charge in [0.1, 0.15) is 11.6 Å². The molecule has 100 valence electrons. The van der Waals surface area contributed by atoms with Gasteiger partial charge in [-0.05, 0) is 58.4 Å². The smallest absolute Gasteiger partial charge is 0.328 e. The topological polar surface area (TPSA) is 38.3 Å². The number of nitrogens with one attached hydrogen (secondary N) is 1. The van der Waals surface area contributed by atoms with Crippen molar-refractivity contribution >= 4 is 27.6 Å². The van der Waals surface area contributed by atoms with Crippen LogP contribution in [0.15, 0.2) is 22.7 Å². The van der Waals surface area contributed by atoms with E-state index in [9.17, 15) is 4.79 Å². The van der Waals surface area contributed by atoms with E-state index in [0.29, 0.717) is 0 Å². The lowest BCUT2D eigenvalue weighted by Gasteiger charge is -2.23. The fourth-order valence-electron chi connectivity index (χ4n) is 1.52. The summed E-state index contributed by atoms with van der Waals surface area (Å²) in [5.41, 5.74) is 1.57. The number of hydrogen-bond donors (Lipinski definition) is 1. The summed E-state index contributed by atoms with van der Waals surface area (Å²) in [7, 11) is 0. The largest absolute Gasteiger partial charge is 0.458 e. The number of benzene rings is 1. The third-order valence-corrected chi connectivity index (χ3v) is 2.64. The number of anilines is 1. The number of halogens is 1. The van der Waals surface area contributed by atoms with Crippen LogP contribution in [0.5, 0.6) is 0 Å². The minimum atomic E-state index is -0.458. The van der Waals surface area contributed by atoms with Crippen LogP contribution in [-0.2, 0) is 9.53 Å². The molecule has 0 saturated heterocycles. The molecular weight excluding hydrogens is 294 g/mol. The standard InChI is InChI=1S/C14H20BrNO2/c1-9-6-11(15)8-12(7-9)16-10(2)13(17)18-14(3,4)5/h6-8,10,16H,1-5H3. The van der Waals surface area contributed by atoms with E-state index in [-0.39, 0.29) is 12.0 Å². The lowest BCUT2D eigenvalue weighted by molar-refractivity contribution is -0.155. The second-order valence-electron chi connectivity index (χ2n) is 5.42. The van der Waals surface area contributed by atoms with Gasteiger partial charge in [-0.1, -0.05) is 15.9 Å². The average molecular weight is 314 g/mol. The molecule has 18 heavy (non-hydrogen) atoms. The minimum Gasteiger partial charge on any atom is -0.458 e. The maximum absolute atomic E-state index is 11.8. The summed E-state index contributed by atoms with van der Waals surface area (Å²) >= 11 is 3.43. The highest BCUT2D eigenvalue weighted by molar-refractivity contribution is 9.10. The van der Waals surface area contributed by atoms with Gasteiger partial charge in [0.2, 0.25) is 0 Å². The van der Waals surface area contributed by atoms with E-state index < -0.39 is 5.60 Å². The molecule has 0 saturated carbocycles. The van der Waals surface area contributed by atoms with E-state index in [4.69, 9.17) is 4.74 Å². The molecule has 0 radical (unpaired) electrons. The zero-order chi connectivity index (χ0) is 13.9. The van der Waals surface area contributed by atoms with Gasteiger partial charge in [-0.2, -0.15) is 0 Å². The van der Waals surface area contributed by atoms with Crippen LogP contribution in [0.1, 0.15) is 33.3 Å². The lowest BCUT2D eigenvalue weighted by atomic mass is 10.2. The number of rotatable bonds is 3. The normalized spacial score (nSPS) is 13.0. The van der Waals surface area contributed by atoms with Crippen LogP contribution in [0, 0.1) is 6.92 Å². The molecule has 0 bridgehead atoms. The maximum atomic E-state index is 11.8. The Balaban J connectivity index is 2.69. The minimum absolute atomic E-state index is 0.250. The zero-order valence-electron chi connectivity index (χ0n) is 11.5. The number of aryl methyl sites for hydroxylation is 1. The van der Waals surface area contributed by atoms with Crippen molar-refractivity contribution in [2.24, 2.45) is 0 Å². The molecule has 3 nitrogen and oxygen atoms in total. The van der Waals surface area contributed by atoms with Gasteiger partial charge in [0.25, 0.3) is 0 Å². The molecule has 0 heterocycles. The molecule has 1 atom stereocenters. The van der Waals surface area contributed by atoms with Crippen LogP contribution in [0.4, 0.5) is 5.69 Å². The Kier molecular flexibility index (Phi) is 4.79. The molecule has 0 amide bonds. The predicted molar refractivity (Wildman–Crippen MR) is 77.8 cm³/mol. The molecule has 0 aliphatic carbocycles. The molecule has 1 aromatic rings. The van der Waals surface area contributed by atoms with Crippen molar-refractivity contribution in [1.82, 2.24) is 0 Å². The lowest BCUT2D eigenvalue weighted by Crippen LogP contribution is -2.34. The fourth-order valence-corrected chi connectivity index (χ4v) is 2.13. The molecular formula is C14H20BrNO2. The Morgan fingerprint density at radius 3 is 2.44 bits per heavy atom. The summed E-state index contributed by atoms with van der Waals surface area (Å²) in [4.78, 5) is 11.8. The van der Waals surface area contributed by atoms with E-state index in [1.165, 1.54) is 0 Å². The number of esters is 1. The van der Waals surface area contributed by atoms with Gasteiger partial charge in [-0.15, -0.1) is 0 Å². The second-order valence-corrected chi connectivity index (χ2v) is 6.33. The van der Waals surface area contributed by atoms with Crippen molar-refractivity contribution in [1.29, 1.82) is 0 Å². The van der Waals surface area contributed by atoms with Gasteiger partial charge in [0, 0.05) is 10.2 Å². The molecule has 0 aliphatic rings. The number of carbonyl (C=O) groups excluding carboxylic acids is 1. The fraction of sp³-hybridized carbons (Fsp3) is 0.500. The van der Waals surface area contributed by atoms with Gasteiger partial charge < -0.3 is 10.1 Å². The first-order valence-electron chi connectivity index (χ1n) is 5.94. The molecule has 0 spiro atoms. The highest BCUT2D eigenvalue weighted by Gasteiger charge is 2.21.